The third-order valence-electron chi connectivity index (χ3n) is 2.24. The summed E-state index contributed by atoms with van der Waals surface area (Å²) in [6.45, 7) is 4.12. The molecule has 0 saturated carbocycles. The van der Waals surface area contributed by atoms with Gasteiger partial charge in [-0.1, -0.05) is 35.5 Å². The Kier molecular flexibility index (Phi) is 5.14. The quantitative estimate of drug-likeness (QED) is 0.654. The van der Waals surface area contributed by atoms with E-state index in [1.54, 1.807) is 35.0 Å². The van der Waals surface area contributed by atoms with E-state index >= 15 is 0 Å². The zero-order valence-electron chi connectivity index (χ0n) is 10.5. The zero-order chi connectivity index (χ0) is 14.4. The Balaban J connectivity index is 1.89. The number of benzene rings is 1. The number of anilines is 1. The molecule has 0 aliphatic carbocycles. The first kappa shape index (κ1) is 14.5. The predicted molar refractivity (Wildman–Crippen MR) is 78.8 cm³/mol. The van der Waals surface area contributed by atoms with E-state index in [2.05, 4.69) is 27.4 Å². The molecule has 0 radical (unpaired) electrons. The van der Waals surface area contributed by atoms with Crippen LogP contribution < -0.4 is 5.32 Å². The van der Waals surface area contributed by atoms with Crippen LogP contribution in [0.3, 0.4) is 0 Å². The normalized spacial score (nSPS) is 10.2. The number of nitrogens with one attached hydrogen (secondary N) is 1. The van der Waals surface area contributed by atoms with Crippen molar-refractivity contribution in [2.75, 3.05) is 11.1 Å². The minimum atomic E-state index is -0.148. The summed E-state index contributed by atoms with van der Waals surface area (Å²) in [5.41, 5.74) is 0.661. The van der Waals surface area contributed by atoms with E-state index in [0.717, 1.165) is 0 Å². The van der Waals surface area contributed by atoms with Gasteiger partial charge in [-0.05, 0) is 28.6 Å². The summed E-state index contributed by atoms with van der Waals surface area (Å²) in [5.74, 6) is 0.0646. The van der Waals surface area contributed by atoms with Crippen LogP contribution in [0, 0.1) is 0 Å². The molecule has 0 fully saturated rings. The maximum absolute atomic E-state index is 11.8. The number of nitrogens with zero attached hydrogens (tertiary/aromatic N) is 4. The van der Waals surface area contributed by atoms with E-state index in [1.807, 2.05) is 0 Å². The molecule has 6 nitrogen and oxygen atoms in total. The molecule has 20 heavy (non-hydrogen) atoms. The van der Waals surface area contributed by atoms with Gasteiger partial charge < -0.3 is 5.32 Å². The number of amides is 1. The van der Waals surface area contributed by atoms with E-state index in [1.165, 1.54) is 11.8 Å². The van der Waals surface area contributed by atoms with Gasteiger partial charge in [-0.2, -0.15) is 0 Å². The number of carbonyl (C=O) groups is 1. The van der Waals surface area contributed by atoms with Gasteiger partial charge in [0.1, 0.15) is 0 Å². The molecular weight excluding hydrogens is 298 g/mol. The standard InChI is InChI=1S/C12H12ClN5OS/c1-2-6-18-12(15-16-17-18)20-8-11(19)14-10-5-3-4-9(13)7-10/h2-5,7H,1,6,8H2,(H,14,19). The Bertz CT molecular complexity index is 615. The van der Waals surface area contributed by atoms with Crippen molar-refractivity contribution in [2.45, 2.75) is 11.7 Å². The van der Waals surface area contributed by atoms with E-state index in [0.29, 0.717) is 22.4 Å². The first-order valence-corrected chi connectivity index (χ1v) is 7.10. The van der Waals surface area contributed by atoms with E-state index in [9.17, 15) is 4.79 Å². The van der Waals surface area contributed by atoms with Crippen LogP contribution in [0.15, 0.2) is 42.1 Å². The number of tetrazole rings is 1. The van der Waals surface area contributed by atoms with Crippen molar-refractivity contribution < 1.29 is 4.79 Å². The van der Waals surface area contributed by atoms with Crippen LogP contribution in [0.4, 0.5) is 5.69 Å². The Morgan fingerprint density at radius 3 is 3.15 bits per heavy atom. The summed E-state index contributed by atoms with van der Waals surface area (Å²) in [7, 11) is 0. The average Bonchev–Trinajstić information content (AvgIpc) is 2.84. The number of halogens is 1. The van der Waals surface area contributed by atoms with E-state index in [4.69, 9.17) is 11.6 Å². The molecule has 2 rings (SSSR count). The third-order valence-corrected chi connectivity index (χ3v) is 3.43. The molecule has 1 heterocycles. The lowest BCUT2D eigenvalue weighted by molar-refractivity contribution is -0.113. The summed E-state index contributed by atoms with van der Waals surface area (Å²) in [5, 5.41) is 15.1. The molecule has 0 unspecified atom stereocenters. The number of carbonyl (C=O) groups excluding carboxylic acids is 1. The number of thioether (sulfide) groups is 1. The van der Waals surface area contributed by atoms with Crippen LogP contribution in [0.2, 0.25) is 5.02 Å². The second-order valence-corrected chi connectivity index (χ2v) is 5.16. The molecular formula is C12H12ClN5OS. The molecule has 104 valence electrons. The summed E-state index contributed by atoms with van der Waals surface area (Å²) in [4.78, 5) is 11.8. The molecule has 0 aliphatic heterocycles. The number of hydrogen-bond acceptors (Lipinski definition) is 5. The Labute approximate surface area is 125 Å². The number of rotatable bonds is 6. The molecule has 1 amide bonds. The summed E-state index contributed by atoms with van der Waals surface area (Å²) in [6, 6.07) is 6.98. The number of allylic oxidation sites excluding steroid dienone is 1. The summed E-state index contributed by atoms with van der Waals surface area (Å²) < 4.78 is 1.57. The first-order chi connectivity index (χ1) is 9.69. The molecule has 0 bridgehead atoms. The number of hydrogen-bond donors (Lipinski definition) is 1. The van der Waals surface area contributed by atoms with Gasteiger partial charge in [0.2, 0.25) is 11.1 Å². The molecule has 2 aromatic rings. The fourth-order valence-electron chi connectivity index (χ4n) is 1.43. The van der Waals surface area contributed by atoms with Crippen molar-refractivity contribution in [3.8, 4) is 0 Å². The second-order valence-electron chi connectivity index (χ2n) is 3.78. The van der Waals surface area contributed by atoms with Gasteiger partial charge >= 0.3 is 0 Å². The van der Waals surface area contributed by atoms with Gasteiger partial charge in [0, 0.05) is 10.7 Å². The first-order valence-electron chi connectivity index (χ1n) is 5.74. The average molecular weight is 310 g/mol. The van der Waals surface area contributed by atoms with Crippen LogP contribution in [0.1, 0.15) is 0 Å². The SMILES string of the molecule is C=CCn1nnnc1SCC(=O)Nc1cccc(Cl)c1. The monoisotopic (exact) mass is 309 g/mol. The van der Waals surface area contributed by atoms with Gasteiger partial charge in [0.25, 0.3) is 0 Å². The fraction of sp³-hybridized carbons (Fsp3) is 0.167. The molecule has 0 spiro atoms. The van der Waals surface area contributed by atoms with Crippen molar-refractivity contribution in [1.82, 2.24) is 20.2 Å². The van der Waals surface area contributed by atoms with Crippen molar-refractivity contribution in [2.24, 2.45) is 0 Å². The maximum atomic E-state index is 11.8. The Hall–Kier alpha value is -1.86. The number of aromatic nitrogens is 4. The van der Waals surface area contributed by atoms with Crippen molar-refractivity contribution in [3.63, 3.8) is 0 Å². The lowest BCUT2D eigenvalue weighted by atomic mass is 10.3. The lowest BCUT2D eigenvalue weighted by Crippen LogP contribution is -2.14. The highest BCUT2D eigenvalue weighted by Gasteiger charge is 2.09. The Morgan fingerprint density at radius 2 is 2.40 bits per heavy atom. The van der Waals surface area contributed by atoms with Crippen LogP contribution in [0.5, 0.6) is 0 Å². The van der Waals surface area contributed by atoms with Gasteiger partial charge in [-0.25, -0.2) is 4.68 Å². The minimum absolute atomic E-state index is 0.148. The largest absolute Gasteiger partial charge is 0.325 e. The molecule has 0 atom stereocenters. The molecule has 1 aromatic heterocycles. The van der Waals surface area contributed by atoms with Crippen molar-refractivity contribution in [3.05, 3.63) is 41.9 Å². The molecule has 1 aromatic carbocycles. The molecule has 0 aliphatic rings. The van der Waals surface area contributed by atoms with Gasteiger partial charge in [0.05, 0.1) is 12.3 Å². The zero-order valence-corrected chi connectivity index (χ0v) is 12.1. The van der Waals surface area contributed by atoms with Gasteiger partial charge in [-0.15, -0.1) is 11.7 Å². The maximum Gasteiger partial charge on any atom is 0.234 e. The van der Waals surface area contributed by atoms with Crippen LogP contribution in [0.25, 0.3) is 0 Å². The highest BCUT2D eigenvalue weighted by molar-refractivity contribution is 7.99. The van der Waals surface area contributed by atoms with E-state index in [-0.39, 0.29) is 11.7 Å². The fourth-order valence-corrected chi connectivity index (χ4v) is 2.31. The van der Waals surface area contributed by atoms with Crippen LogP contribution in [-0.2, 0) is 11.3 Å². The smallest absolute Gasteiger partial charge is 0.234 e. The van der Waals surface area contributed by atoms with Gasteiger partial charge in [0.15, 0.2) is 0 Å². The molecule has 0 saturated heterocycles. The molecule has 1 N–H and O–H groups in total. The molecule has 8 heteroatoms. The Morgan fingerprint density at radius 1 is 1.55 bits per heavy atom. The van der Waals surface area contributed by atoms with Crippen LogP contribution >= 0.6 is 23.4 Å². The highest BCUT2D eigenvalue weighted by Crippen LogP contribution is 2.17. The summed E-state index contributed by atoms with van der Waals surface area (Å²) in [6.07, 6.45) is 1.69. The van der Waals surface area contributed by atoms with Gasteiger partial charge in [-0.3, -0.25) is 4.79 Å². The van der Waals surface area contributed by atoms with Crippen molar-refractivity contribution in [1.29, 1.82) is 0 Å². The van der Waals surface area contributed by atoms with Crippen molar-refractivity contribution >= 4 is 35.0 Å². The lowest BCUT2D eigenvalue weighted by Gasteiger charge is -2.05. The minimum Gasteiger partial charge on any atom is -0.325 e. The second kappa shape index (κ2) is 7.06. The summed E-state index contributed by atoms with van der Waals surface area (Å²) >= 11 is 7.11. The van der Waals surface area contributed by atoms with Crippen LogP contribution in [-0.4, -0.2) is 31.9 Å². The topological polar surface area (TPSA) is 72.7 Å². The highest BCUT2D eigenvalue weighted by atomic mass is 35.5. The third kappa shape index (κ3) is 4.07. The predicted octanol–water partition coefficient (Wildman–Crippen LogP) is 2.24. The van der Waals surface area contributed by atoms with E-state index < -0.39 is 0 Å².